The van der Waals surface area contributed by atoms with Crippen LogP contribution < -0.4 is 0 Å². The molecule has 0 bridgehead atoms. The molecule has 0 aliphatic rings. The molecule has 0 heterocycles. The summed E-state index contributed by atoms with van der Waals surface area (Å²) in [6, 6.07) is 9.66. The highest BCUT2D eigenvalue weighted by atomic mass is 127. The number of benzene rings is 1. The van der Waals surface area contributed by atoms with Crippen molar-refractivity contribution in [1.82, 2.24) is 0 Å². The van der Waals surface area contributed by atoms with E-state index >= 15 is 0 Å². The first-order chi connectivity index (χ1) is 11.2. The molecule has 0 saturated heterocycles. The SMILES string of the molecule is CC(=O)OC(C#CCCCC=O)/C(C#CI)=C/c1ccccc1. The van der Waals surface area contributed by atoms with Crippen LogP contribution in [-0.4, -0.2) is 18.4 Å². The van der Waals surface area contributed by atoms with Crippen LogP contribution in [0.2, 0.25) is 0 Å². The molecule has 0 N–H and O–H groups in total. The third-order valence-electron chi connectivity index (χ3n) is 2.74. The molecule has 0 aliphatic heterocycles. The van der Waals surface area contributed by atoms with Crippen molar-refractivity contribution in [2.45, 2.75) is 32.3 Å². The van der Waals surface area contributed by atoms with Crippen molar-refractivity contribution in [2.75, 3.05) is 0 Å². The van der Waals surface area contributed by atoms with Gasteiger partial charge >= 0.3 is 5.97 Å². The molecule has 3 nitrogen and oxygen atoms in total. The van der Waals surface area contributed by atoms with Gasteiger partial charge in [0, 0.05) is 42.4 Å². The molecule has 0 aliphatic carbocycles. The Bertz CT molecular complexity index is 669. The van der Waals surface area contributed by atoms with Crippen molar-refractivity contribution in [1.29, 1.82) is 0 Å². The Morgan fingerprint density at radius 3 is 2.70 bits per heavy atom. The highest BCUT2D eigenvalue weighted by Gasteiger charge is 2.13. The molecular weight excluding hydrogens is 403 g/mol. The summed E-state index contributed by atoms with van der Waals surface area (Å²) in [5, 5.41) is 0. The van der Waals surface area contributed by atoms with Crippen molar-refractivity contribution in [3.63, 3.8) is 0 Å². The fourth-order valence-electron chi connectivity index (χ4n) is 1.74. The van der Waals surface area contributed by atoms with E-state index in [2.05, 4.69) is 21.7 Å². The Hall–Kier alpha value is -2.05. The predicted octanol–water partition coefficient (Wildman–Crippen LogP) is 3.77. The number of hydrogen-bond acceptors (Lipinski definition) is 3. The minimum atomic E-state index is -0.703. The summed E-state index contributed by atoms with van der Waals surface area (Å²) in [6.45, 7) is 1.35. The van der Waals surface area contributed by atoms with Gasteiger partial charge in [0.1, 0.15) is 6.29 Å². The number of aldehydes is 1. The van der Waals surface area contributed by atoms with E-state index in [9.17, 15) is 9.59 Å². The van der Waals surface area contributed by atoms with Crippen LogP contribution in [0.3, 0.4) is 0 Å². The van der Waals surface area contributed by atoms with Gasteiger partial charge in [-0.05, 0) is 22.0 Å². The standard InChI is InChI=1S/C19H17IO3/c1-16(22)23-19(11-7-2-3-8-14-21)18(12-13-20)15-17-9-5-4-6-10-17/h4-6,9-10,14-15,19H,2-3,8H2,1H3/b18-15+. The normalized spacial score (nSPS) is 11.3. The number of esters is 1. The average Bonchev–Trinajstić information content (AvgIpc) is 2.54. The van der Waals surface area contributed by atoms with Crippen LogP contribution in [-0.2, 0) is 14.3 Å². The molecule has 1 atom stereocenters. The van der Waals surface area contributed by atoms with Crippen molar-refractivity contribution < 1.29 is 14.3 Å². The molecule has 0 spiro atoms. The van der Waals surface area contributed by atoms with E-state index in [1.54, 1.807) is 0 Å². The number of carbonyl (C=O) groups is 2. The summed E-state index contributed by atoms with van der Waals surface area (Å²) in [4.78, 5) is 21.6. The monoisotopic (exact) mass is 420 g/mol. The van der Waals surface area contributed by atoms with E-state index in [1.807, 2.05) is 59.0 Å². The lowest BCUT2D eigenvalue weighted by Crippen LogP contribution is -2.16. The number of carbonyl (C=O) groups excluding carboxylic acids is 2. The molecule has 118 valence electrons. The maximum atomic E-state index is 11.3. The molecule has 0 aromatic heterocycles. The lowest BCUT2D eigenvalue weighted by Gasteiger charge is -2.11. The lowest BCUT2D eigenvalue weighted by atomic mass is 10.1. The Morgan fingerprint density at radius 2 is 2.09 bits per heavy atom. The quantitative estimate of drug-likeness (QED) is 0.231. The van der Waals surface area contributed by atoms with E-state index in [-0.39, 0.29) is 0 Å². The van der Waals surface area contributed by atoms with Crippen LogP contribution in [0.15, 0.2) is 35.9 Å². The zero-order valence-electron chi connectivity index (χ0n) is 12.8. The summed E-state index contributed by atoms with van der Waals surface area (Å²) in [6.07, 6.45) is 3.78. The van der Waals surface area contributed by atoms with E-state index < -0.39 is 12.1 Å². The first-order valence-corrected chi connectivity index (χ1v) is 8.22. The lowest BCUT2D eigenvalue weighted by molar-refractivity contribution is -0.142. The second-order valence-electron chi connectivity index (χ2n) is 4.60. The van der Waals surface area contributed by atoms with Crippen molar-refractivity contribution in [2.24, 2.45) is 0 Å². The van der Waals surface area contributed by atoms with Gasteiger partial charge in [-0.3, -0.25) is 4.79 Å². The Labute approximate surface area is 150 Å². The van der Waals surface area contributed by atoms with Gasteiger partial charge in [-0.1, -0.05) is 48.1 Å². The fraction of sp³-hybridized carbons (Fsp3) is 0.263. The van der Waals surface area contributed by atoms with Gasteiger partial charge in [-0.2, -0.15) is 0 Å². The van der Waals surface area contributed by atoms with Gasteiger partial charge < -0.3 is 9.53 Å². The van der Waals surface area contributed by atoms with E-state index in [1.165, 1.54) is 6.92 Å². The van der Waals surface area contributed by atoms with Crippen LogP contribution in [0.5, 0.6) is 0 Å². The Morgan fingerprint density at radius 1 is 1.35 bits per heavy atom. The summed E-state index contributed by atoms with van der Waals surface area (Å²) in [5.41, 5.74) is 1.59. The van der Waals surface area contributed by atoms with Gasteiger partial charge in [0.15, 0.2) is 6.10 Å². The Kier molecular flexibility index (Phi) is 9.51. The molecule has 0 fully saturated rings. The number of halogens is 1. The van der Waals surface area contributed by atoms with Crippen LogP contribution in [0.1, 0.15) is 31.7 Å². The third kappa shape index (κ3) is 8.23. The summed E-state index contributed by atoms with van der Waals surface area (Å²) < 4.78 is 8.09. The molecule has 1 unspecified atom stereocenters. The van der Waals surface area contributed by atoms with Gasteiger partial charge in [0.05, 0.1) is 5.57 Å². The average molecular weight is 420 g/mol. The van der Waals surface area contributed by atoms with Gasteiger partial charge in [0.2, 0.25) is 0 Å². The summed E-state index contributed by atoms with van der Waals surface area (Å²) in [5.74, 6) is 8.42. The maximum Gasteiger partial charge on any atom is 0.304 e. The zero-order valence-corrected chi connectivity index (χ0v) is 15.0. The molecule has 1 rings (SSSR count). The molecule has 1 aromatic rings. The minimum Gasteiger partial charge on any atom is -0.444 e. The molecule has 0 amide bonds. The molecule has 4 heteroatoms. The second-order valence-corrected chi connectivity index (χ2v) is 5.14. The smallest absolute Gasteiger partial charge is 0.304 e. The summed E-state index contributed by atoms with van der Waals surface area (Å²) in [7, 11) is 0. The number of rotatable bonds is 6. The molecular formula is C19H17IO3. The third-order valence-corrected chi connectivity index (χ3v) is 3.01. The van der Waals surface area contributed by atoms with Crippen LogP contribution in [0.4, 0.5) is 0 Å². The van der Waals surface area contributed by atoms with Gasteiger partial charge in [-0.25, -0.2) is 0 Å². The van der Waals surface area contributed by atoms with E-state index in [0.29, 0.717) is 24.8 Å². The molecule has 23 heavy (non-hydrogen) atoms. The fourth-order valence-corrected chi connectivity index (χ4v) is 2.05. The van der Waals surface area contributed by atoms with Gasteiger partial charge in [0.25, 0.3) is 0 Å². The first kappa shape index (κ1) is 19.0. The highest BCUT2D eigenvalue weighted by molar-refractivity contribution is 14.1. The predicted molar refractivity (Wildman–Crippen MR) is 99.5 cm³/mol. The van der Waals surface area contributed by atoms with Crippen molar-refractivity contribution >= 4 is 40.9 Å². The van der Waals surface area contributed by atoms with Crippen molar-refractivity contribution in [3.05, 3.63) is 41.5 Å². The summed E-state index contributed by atoms with van der Waals surface area (Å²) >= 11 is 1.94. The van der Waals surface area contributed by atoms with Crippen LogP contribution in [0, 0.1) is 21.7 Å². The Balaban J connectivity index is 3.02. The van der Waals surface area contributed by atoms with Gasteiger partial charge in [-0.15, -0.1) is 0 Å². The van der Waals surface area contributed by atoms with E-state index in [4.69, 9.17) is 4.74 Å². The largest absolute Gasteiger partial charge is 0.444 e. The first-order valence-electron chi connectivity index (χ1n) is 7.15. The highest BCUT2D eigenvalue weighted by Crippen LogP contribution is 2.13. The van der Waals surface area contributed by atoms with Crippen LogP contribution in [0.25, 0.3) is 6.08 Å². The van der Waals surface area contributed by atoms with E-state index in [0.717, 1.165) is 11.8 Å². The second kappa shape index (κ2) is 11.5. The topological polar surface area (TPSA) is 43.4 Å². The number of hydrogen-bond donors (Lipinski definition) is 0. The minimum absolute atomic E-state index is 0.411. The molecule has 0 saturated carbocycles. The van der Waals surface area contributed by atoms with Crippen LogP contribution >= 0.6 is 22.6 Å². The number of unbranched alkanes of at least 4 members (excludes halogenated alkanes) is 2. The number of ether oxygens (including phenoxy) is 1. The maximum absolute atomic E-state index is 11.3. The molecule has 0 radical (unpaired) electrons. The molecule has 1 aromatic carbocycles. The zero-order chi connectivity index (χ0) is 16.9. The van der Waals surface area contributed by atoms with Crippen molar-refractivity contribution in [3.8, 4) is 21.7 Å².